The third kappa shape index (κ3) is 3.05. The number of aromatic nitrogens is 2. The SMILES string of the molecule is O=C(NCC1(c2ccc(F)cc2)CC1)c1ccccc1-n1cccn1. The summed E-state index contributed by atoms with van der Waals surface area (Å²) in [6, 6.07) is 15.8. The van der Waals surface area contributed by atoms with Gasteiger partial charge in [-0.2, -0.15) is 5.10 Å². The van der Waals surface area contributed by atoms with Crippen LogP contribution in [0.15, 0.2) is 67.0 Å². The molecule has 1 aromatic heterocycles. The van der Waals surface area contributed by atoms with Gasteiger partial charge in [0.2, 0.25) is 0 Å². The van der Waals surface area contributed by atoms with Crippen molar-refractivity contribution in [2.45, 2.75) is 18.3 Å². The lowest BCUT2D eigenvalue weighted by Gasteiger charge is -2.17. The molecule has 3 aromatic rings. The zero-order chi connectivity index (χ0) is 17.3. The first-order chi connectivity index (χ1) is 12.2. The maximum Gasteiger partial charge on any atom is 0.253 e. The molecule has 1 aliphatic rings. The van der Waals surface area contributed by atoms with E-state index in [0.717, 1.165) is 24.1 Å². The lowest BCUT2D eigenvalue weighted by atomic mass is 9.96. The van der Waals surface area contributed by atoms with Crippen LogP contribution in [0, 0.1) is 5.82 Å². The summed E-state index contributed by atoms with van der Waals surface area (Å²) in [7, 11) is 0. The molecule has 5 heteroatoms. The molecule has 2 aromatic carbocycles. The summed E-state index contributed by atoms with van der Waals surface area (Å²) in [5, 5.41) is 7.25. The van der Waals surface area contributed by atoms with Crippen molar-refractivity contribution >= 4 is 5.91 Å². The second-order valence-electron chi connectivity index (χ2n) is 6.44. The molecule has 0 saturated heterocycles. The topological polar surface area (TPSA) is 46.9 Å². The largest absolute Gasteiger partial charge is 0.351 e. The van der Waals surface area contributed by atoms with Crippen LogP contribution in [0.5, 0.6) is 0 Å². The fourth-order valence-electron chi connectivity index (χ4n) is 3.14. The molecule has 1 fully saturated rings. The highest BCUT2D eigenvalue weighted by Crippen LogP contribution is 2.47. The number of nitrogens with zero attached hydrogens (tertiary/aromatic N) is 2. The number of hydrogen-bond acceptors (Lipinski definition) is 2. The van der Waals surface area contributed by atoms with E-state index in [2.05, 4.69) is 10.4 Å². The molecule has 1 heterocycles. The number of nitrogens with one attached hydrogen (secondary N) is 1. The number of hydrogen-bond donors (Lipinski definition) is 1. The van der Waals surface area contributed by atoms with Crippen LogP contribution >= 0.6 is 0 Å². The first-order valence-corrected chi connectivity index (χ1v) is 8.31. The van der Waals surface area contributed by atoms with Crippen LogP contribution < -0.4 is 5.32 Å². The van der Waals surface area contributed by atoms with E-state index in [4.69, 9.17) is 0 Å². The molecule has 4 nitrogen and oxygen atoms in total. The fourth-order valence-corrected chi connectivity index (χ4v) is 3.14. The lowest BCUT2D eigenvalue weighted by molar-refractivity contribution is 0.0949. The van der Waals surface area contributed by atoms with E-state index in [9.17, 15) is 9.18 Å². The molecule has 0 radical (unpaired) electrons. The van der Waals surface area contributed by atoms with Gasteiger partial charge in [0.1, 0.15) is 5.82 Å². The number of halogens is 1. The molecule has 0 spiro atoms. The molecule has 1 amide bonds. The van der Waals surface area contributed by atoms with E-state index in [1.54, 1.807) is 16.9 Å². The Bertz CT molecular complexity index is 884. The number of para-hydroxylation sites is 1. The van der Waals surface area contributed by atoms with Crippen molar-refractivity contribution in [2.75, 3.05) is 6.54 Å². The Morgan fingerprint density at radius 2 is 1.88 bits per heavy atom. The van der Waals surface area contributed by atoms with Crippen molar-refractivity contribution in [3.05, 3.63) is 83.9 Å². The van der Waals surface area contributed by atoms with Crippen molar-refractivity contribution in [2.24, 2.45) is 0 Å². The van der Waals surface area contributed by atoms with Gasteiger partial charge in [0.25, 0.3) is 5.91 Å². The molecule has 126 valence electrons. The van der Waals surface area contributed by atoms with Crippen molar-refractivity contribution in [3.63, 3.8) is 0 Å². The van der Waals surface area contributed by atoms with Crippen molar-refractivity contribution < 1.29 is 9.18 Å². The molecule has 0 bridgehead atoms. The fraction of sp³-hybridized carbons (Fsp3) is 0.200. The van der Waals surface area contributed by atoms with E-state index in [1.165, 1.54) is 12.1 Å². The Morgan fingerprint density at radius 1 is 1.12 bits per heavy atom. The van der Waals surface area contributed by atoms with Gasteiger partial charge >= 0.3 is 0 Å². The summed E-state index contributed by atoms with van der Waals surface area (Å²) >= 11 is 0. The number of carbonyl (C=O) groups is 1. The number of carbonyl (C=O) groups excluding carboxylic acids is 1. The van der Waals surface area contributed by atoms with E-state index >= 15 is 0 Å². The van der Waals surface area contributed by atoms with Gasteiger partial charge in [-0.1, -0.05) is 24.3 Å². The Hall–Kier alpha value is -2.95. The van der Waals surface area contributed by atoms with Crippen LogP contribution in [0.2, 0.25) is 0 Å². The molecule has 4 rings (SSSR count). The van der Waals surface area contributed by atoms with Gasteiger partial charge in [0, 0.05) is 24.4 Å². The van der Waals surface area contributed by atoms with E-state index in [-0.39, 0.29) is 17.1 Å². The van der Waals surface area contributed by atoms with Gasteiger partial charge in [-0.3, -0.25) is 4.79 Å². The second-order valence-corrected chi connectivity index (χ2v) is 6.44. The molecule has 0 atom stereocenters. The standard InChI is InChI=1S/C20H18FN3O/c21-16-8-6-15(7-9-16)20(10-11-20)14-22-19(25)17-4-1-2-5-18(17)24-13-3-12-23-24/h1-9,12-13H,10-11,14H2,(H,22,25). The minimum Gasteiger partial charge on any atom is -0.351 e. The average Bonchev–Trinajstić information content (AvgIpc) is 3.23. The number of benzene rings is 2. The van der Waals surface area contributed by atoms with Crippen molar-refractivity contribution in [1.29, 1.82) is 0 Å². The smallest absolute Gasteiger partial charge is 0.253 e. The summed E-state index contributed by atoms with van der Waals surface area (Å²) in [6.07, 6.45) is 5.49. The molecule has 1 saturated carbocycles. The van der Waals surface area contributed by atoms with Gasteiger partial charge in [-0.05, 0) is 48.7 Å². The lowest BCUT2D eigenvalue weighted by Crippen LogP contribution is -2.32. The van der Waals surface area contributed by atoms with Gasteiger partial charge in [-0.25, -0.2) is 9.07 Å². The average molecular weight is 335 g/mol. The van der Waals surface area contributed by atoms with Gasteiger partial charge < -0.3 is 5.32 Å². The van der Waals surface area contributed by atoms with Crippen LogP contribution in [0.3, 0.4) is 0 Å². The summed E-state index contributed by atoms with van der Waals surface area (Å²) in [5.41, 5.74) is 2.34. The molecular formula is C20H18FN3O. The number of rotatable bonds is 5. The highest BCUT2D eigenvalue weighted by Gasteiger charge is 2.44. The minimum atomic E-state index is -0.239. The summed E-state index contributed by atoms with van der Waals surface area (Å²) < 4.78 is 14.8. The summed E-state index contributed by atoms with van der Waals surface area (Å²) in [5.74, 6) is -0.365. The maximum absolute atomic E-state index is 13.1. The Kier molecular flexibility index (Phi) is 3.84. The molecule has 0 unspecified atom stereocenters. The van der Waals surface area contributed by atoms with Gasteiger partial charge in [0.05, 0.1) is 11.3 Å². The normalized spacial score (nSPS) is 14.9. The second kappa shape index (κ2) is 6.16. The quantitative estimate of drug-likeness (QED) is 0.776. The molecule has 1 aliphatic carbocycles. The molecular weight excluding hydrogens is 317 g/mol. The monoisotopic (exact) mass is 335 g/mol. The molecule has 1 N–H and O–H groups in total. The Balaban J connectivity index is 1.51. The Labute approximate surface area is 145 Å². The van der Waals surface area contributed by atoms with Crippen LogP contribution in [0.25, 0.3) is 5.69 Å². The predicted octanol–water partition coefficient (Wildman–Crippen LogP) is 3.47. The molecule has 25 heavy (non-hydrogen) atoms. The van der Waals surface area contributed by atoms with Crippen LogP contribution in [-0.4, -0.2) is 22.2 Å². The van der Waals surface area contributed by atoms with Gasteiger partial charge in [0.15, 0.2) is 0 Å². The summed E-state index contributed by atoms with van der Waals surface area (Å²) in [6.45, 7) is 0.547. The van der Waals surface area contributed by atoms with Crippen molar-refractivity contribution in [3.8, 4) is 5.69 Å². The third-order valence-electron chi connectivity index (χ3n) is 4.80. The highest BCUT2D eigenvalue weighted by molar-refractivity contribution is 5.97. The van der Waals surface area contributed by atoms with E-state index in [1.807, 2.05) is 42.6 Å². The van der Waals surface area contributed by atoms with Gasteiger partial charge in [-0.15, -0.1) is 0 Å². The Morgan fingerprint density at radius 3 is 2.56 bits per heavy atom. The van der Waals surface area contributed by atoms with Crippen LogP contribution in [0.4, 0.5) is 4.39 Å². The maximum atomic E-state index is 13.1. The summed E-state index contributed by atoms with van der Waals surface area (Å²) in [4.78, 5) is 12.7. The molecule has 0 aliphatic heterocycles. The van der Waals surface area contributed by atoms with E-state index in [0.29, 0.717) is 12.1 Å². The minimum absolute atomic E-state index is 0.0655. The first kappa shape index (κ1) is 15.6. The highest BCUT2D eigenvalue weighted by atomic mass is 19.1. The van der Waals surface area contributed by atoms with Crippen LogP contribution in [-0.2, 0) is 5.41 Å². The predicted molar refractivity (Wildman–Crippen MR) is 93.2 cm³/mol. The van der Waals surface area contributed by atoms with E-state index < -0.39 is 0 Å². The third-order valence-corrected chi connectivity index (χ3v) is 4.80. The van der Waals surface area contributed by atoms with Crippen molar-refractivity contribution in [1.82, 2.24) is 15.1 Å². The zero-order valence-corrected chi connectivity index (χ0v) is 13.7. The first-order valence-electron chi connectivity index (χ1n) is 8.31. The van der Waals surface area contributed by atoms with Crippen LogP contribution in [0.1, 0.15) is 28.8 Å². The number of amides is 1. The zero-order valence-electron chi connectivity index (χ0n) is 13.7.